The molecule has 13 saturated carbocycles. The molecule has 135 heavy (non-hydrogen) atoms. The number of rotatable bonds is 0. The molecule has 13 aliphatic carbocycles. The van der Waals surface area contributed by atoms with Crippen LogP contribution < -0.4 is 69.1 Å². The summed E-state index contributed by atoms with van der Waals surface area (Å²) >= 11 is 0. The molecule has 0 bridgehead atoms. The fourth-order valence-electron chi connectivity index (χ4n) is 29.5. The summed E-state index contributed by atoms with van der Waals surface area (Å²) in [6.45, 7) is 8.44. The van der Waals surface area contributed by atoms with Gasteiger partial charge in [-0.15, -0.1) is 0 Å². The maximum atomic E-state index is 11.3. The Hall–Kier alpha value is -6.89. The molecule has 0 aromatic heterocycles. The van der Waals surface area contributed by atoms with Crippen molar-refractivity contribution >= 4 is 76.8 Å². The molecule has 26 fully saturated rings. The van der Waals surface area contributed by atoms with E-state index in [-0.39, 0.29) is 53.2 Å². The smallest absolute Gasteiger partial charge is 0.223 e. The van der Waals surface area contributed by atoms with Crippen molar-refractivity contribution in [3.05, 3.63) is 0 Å². The molecule has 13 aliphatic heterocycles. The van der Waals surface area contributed by atoms with Crippen LogP contribution in [-0.4, -0.2) is 160 Å². The van der Waals surface area contributed by atoms with E-state index in [0.29, 0.717) is 95.1 Å². The number of carbonyl (C=O) groups excluding carboxylic acids is 13. The maximum Gasteiger partial charge on any atom is 0.223 e. The minimum atomic E-state index is 0.263. The zero-order valence-electron chi connectivity index (χ0n) is 82.8. The van der Waals surface area contributed by atoms with Gasteiger partial charge in [-0.05, 0) is 299 Å². The van der Waals surface area contributed by atoms with Crippen LogP contribution in [0.1, 0.15) is 392 Å². The molecule has 13 N–H and O–H groups in total. The lowest BCUT2D eigenvalue weighted by molar-refractivity contribution is -0.130. The summed E-state index contributed by atoms with van der Waals surface area (Å²) < 4.78 is 0. The van der Waals surface area contributed by atoms with E-state index in [0.717, 1.165) is 251 Å². The fourth-order valence-corrected chi connectivity index (χ4v) is 29.5. The average molecular weight is 1880 g/mol. The van der Waals surface area contributed by atoms with E-state index in [4.69, 9.17) is 0 Å². The second-order valence-electron chi connectivity index (χ2n) is 46.2. The van der Waals surface area contributed by atoms with Gasteiger partial charge in [0.25, 0.3) is 0 Å². The van der Waals surface area contributed by atoms with Crippen molar-refractivity contribution in [2.75, 3.05) is 58.9 Å². The number of hydrogen-bond acceptors (Lipinski definition) is 13. The number of amides is 13. The number of hydrogen-bond donors (Lipinski definition) is 13. The van der Waals surface area contributed by atoms with Crippen LogP contribution in [0.2, 0.25) is 0 Å². The van der Waals surface area contributed by atoms with Crippen molar-refractivity contribution in [1.82, 2.24) is 69.1 Å². The summed E-state index contributed by atoms with van der Waals surface area (Å²) in [5.74, 6) is 19.0. The molecule has 26 unspecified atom stereocenters. The highest BCUT2D eigenvalue weighted by atomic mass is 16.2. The summed E-state index contributed by atoms with van der Waals surface area (Å²) in [6.07, 6.45) is 73.5. The van der Waals surface area contributed by atoms with Crippen LogP contribution >= 0.6 is 0 Å². The topological polar surface area (TPSA) is 378 Å². The summed E-state index contributed by atoms with van der Waals surface area (Å²) in [5, 5.41) is 38.5. The number of nitrogens with one attached hydrogen (secondary N) is 13. The minimum absolute atomic E-state index is 0.263. The maximum absolute atomic E-state index is 11.3. The standard InChI is InChI=1S/C10H17NO.5C9H15NO.5C8H13NO.2C7H11NO/c12-10-6-5-8-3-1-2-4-9(8)7-11-10;11-9-6-8-3-1-2-7(8)4-5-10-9;11-9-5-4-7-2-1-3-8(7)6-10-9;11-9-5-7-3-1-2-4-8(7)6-10-9;11-9-8-4-2-1-3-7(8)5-6-10-9;11-9-6-5-7-3-1-2-4-8(7)10-9;10-8-4-6-2-1-3-7(6)5-9-8;10-8-7-3-1-2-6(7)4-5-9-8;10-8-5-4-6-2-1-3-7(6)9-8;10-8-7-4-2-1-3-6(7)5-9-8;10-8-5-6-3-1-2-4-7(6)9-8;9-7-6-3-1-2-5(6)4-8-7;9-7-4-5-2-1-3-6(5)8-7/h8-9H,1-7H2,(H,11,12);5*7-8H,1-6H2,(H,10,11);5*6-7H,1-5H2,(H,9,10);2*5-6H,1-4H2,(H,8,9). The second-order valence-corrected chi connectivity index (χ2v) is 46.2. The Balaban J connectivity index is 0.000000117. The highest BCUT2D eigenvalue weighted by Crippen LogP contribution is 2.44. The van der Waals surface area contributed by atoms with Gasteiger partial charge in [0, 0.05) is 165 Å². The average Bonchev–Trinajstić information content (AvgIpc) is 1.78. The first-order chi connectivity index (χ1) is 65.7. The lowest BCUT2D eigenvalue weighted by Gasteiger charge is -2.35. The molecule has 26 nitrogen and oxygen atoms in total. The quantitative estimate of drug-likeness (QED) is 0.107. The lowest BCUT2D eigenvalue weighted by Crippen LogP contribution is -2.46. The lowest BCUT2D eigenvalue weighted by atomic mass is 9.75. The number of piperidine rings is 6. The van der Waals surface area contributed by atoms with E-state index in [9.17, 15) is 62.3 Å². The summed E-state index contributed by atoms with van der Waals surface area (Å²) in [7, 11) is 0. The largest absolute Gasteiger partial charge is 0.356 e. The van der Waals surface area contributed by atoms with Crippen LogP contribution in [0, 0.1) is 130 Å². The first kappa shape index (κ1) is 104. The first-order valence-corrected chi connectivity index (χ1v) is 56.4. The molecule has 13 heterocycles. The van der Waals surface area contributed by atoms with Crippen molar-refractivity contribution < 1.29 is 62.3 Å². The van der Waals surface area contributed by atoms with Crippen LogP contribution in [0.4, 0.5) is 0 Å². The normalized spacial score (nSPS) is 38.4. The van der Waals surface area contributed by atoms with Gasteiger partial charge in [-0.1, -0.05) is 141 Å². The van der Waals surface area contributed by atoms with Crippen LogP contribution in [0.3, 0.4) is 0 Å². The Kier molecular flexibility index (Phi) is 41.7. The highest BCUT2D eigenvalue weighted by Gasteiger charge is 2.44. The Morgan fingerprint density at radius 1 is 0.141 bits per heavy atom. The molecular formula is C109H179N13O13. The molecular weight excluding hydrogens is 1700 g/mol. The monoisotopic (exact) mass is 1880 g/mol. The molecule has 13 saturated heterocycles. The van der Waals surface area contributed by atoms with Gasteiger partial charge < -0.3 is 69.1 Å². The van der Waals surface area contributed by atoms with Gasteiger partial charge in [0.15, 0.2) is 0 Å². The van der Waals surface area contributed by atoms with Crippen LogP contribution in [-0.2, 0) is 62.3 Å². The molecule has 758 valence electrons. The van der Waals surface area contributed by atoms with E-state index in [1.165, 1.54) is 283 Å². The van der Waals surface area contributed by atoms with Gasteiger partial charge in [0.2, 0.25) is 76.8 Å². The Labute approximate surface area is 808 Å². The number of carbonyl (C=O) groups is 13. The van der Waals surface area contributed by atoms with E-state index in [1.54, 1.807) is 0 Å². The number of fused-ring (bicyclic) bond motifs is 13. The van der Waals surface area contributed by atoms with Crippen molar-refractivity contribution in [2.24, 2.45) is 130 Å². The molecule has 0 radical (unpaired) electrons. The molecule has 0 aromatic rings. The molecule has 26 atom stereocenters. The van der Waals surface area contributed by atoms with Gasteiger partial charge in [-0.25, -0.2) is 0 Å². The van der Waals surface area contributed by atoms with Gasteiger partial charge in [0.05, 0.1) is 0 Å². The third-order valence-electron chi connectivity index (χ3n) is 37.6. The van der Waals surface area contributed by atoms with Gasteiger partial charge in [-0.2, -0.15) is 0 Å². The second kappa shape index (κ2) is 54.2. The van der Waals surface area contributed by atoms with Crippen LogP contribution in [0.25, 0.3) is 0 Å². The highest BCUT2D eigenvalue weighted by molar-refractivity contribution is 5.84. The Bertz CT molecular complexity index is 3690. The first-order valence-electron chi connectivity index (χ1n) is 56.4. The predicted octanol–water partition coefficient (Wildman–Crippen LogP) is 14.5. The van der Waals surface area contributed by atoms with Crippen LogP contribution in [0.15, 0.2) is 0 Å². The van der Waals surface area contributed by atoms with Crippen molar-refractivity contribution in [3.63, 3.8) is 0 Å². The molecule has 26 aliphatic rings. The Morgan fingerprint density at radius 3 is 0.815 bits per heavy atom. The summed E-state index contributed by atoms with van der Waals surface area (Å²) in [5.41, 5.74) is 0. The molecule has 0 spiro atoms. The molecule has 13 amide bonds. The van der Waals surface area contributed by atoms with Gasteiger partial charge in [-0.3, -0.25) is 62.3 Å². The van der Waals surface area contributed by atoms with Gasteiger partial charge in [0.1, 0.15) is 0 Å². The molecule has 0 aromatic carbocycles. The third-order valence-corrected chi connectivity index (χ3v) is 37.6. The minimum Gasteiger partial charge on any atom is -0.356 e. The third kappa shape index (κ3) is 32.1. The molecule has 26 heteroatoms. The SMILES string of the molecule is O=C1CC2CCCC2CCN1.O=C1CC2CCCC2CN1.O=C1CC2CCCC2N1.O=C1CC2CCCCC2CN1.O=C1CC2CCCCC2N1.O=C1CCC2CCCC2CN1.O=C1CCC2CCCC2N1.O=C1CCC2CCCCC2CN1.O=C1CCC2CCCCC2N1.O=C1NCC2CCCC12.O=C1NCC2CCCCC12.O=C1NCCC2CCCC12.O=C1NCCC2CCCCC12. The van der Waals surface area contributed by atoms with Crippen LogP contribution in [0.5, 0.6) is 0 Å². The van der Waals surface area contributed by atoms with E-state index in [1.807, 2.05) is 0 Å². The van der Waals surface area contributed by atoms with E-state index < -0.39 is 0 Å². The zero-order valence-corrected chi connectivity index (χ0v) is 82.8. The fraction of sp³-hybridized carbons (Fsp3) is 0.881. The van der Waals surface area contributed by atoms with Crippen molar-refractivity contribution in [2.45, 2.75) is 416 Å². The van der Waals surface area contributed by atoms with E-state index in [2.05, 4.69) is 69.1 Å². The summed E-state index contributed by atoms with van der Waals surface area (Å²) in [4.78, 5) is 143. The van der Waals surface area contributed by atoms with Crippen molar-refractivity contribution in [1.29, 1.82) is 0 Å². The van der Waals surface area contributed by atoms with Crippen molar-refractivity contribution in [3.8, 4) is 0 Å². The molecule has 26 rings (SSSR count). The van der Waals surface area contributed by atoms with Gasteiger partial charge >= 0.3 is 0 Å². The Morgan fingerprint density at radius 2 is 0.363 bits per heavy atom. The summed E-state index contributed by atoms with van der Waals surface area (Å²) in [6, 6.07) is 2.17. The zero-order chi connectivity index (χ0) is 94.2. The predicted molar refractivity (Wildman–Crippen MR) is 523 cm³/mol. The van der Waals surface area contributed by atoms with E-state index >= 15 is 0 Å².